The Balaban J connectivity index is 1.56. The highest BCUT2D eigenvalue weighted by molar-refractivity contribution is 5.93. The molecule has 7 heteroatoms. The Labute approximate surface area is 168 Å². The quantitative estimate of drug-likeness (QED) is 0.710. The van der Waals surface area contributed by atoms with Crippen molar-refractivity contribution in [3.8, 4) is 17.1 Å². The Morgan fingerprint density at radius 2 is 2.03 bits per heavy atom. The fourth-order valence-electron chi connectivity index (χ4n) is 3.69. The van der Waals surface area contributed by atoms with Crippen molar-refractivity contribution >= 4 is 11.6 Å². The molecule has 0 saturated heterocycles. The standard InChI is InChI=1S/C22H23FN4O2/c1-29-19-8-5-4-7-15(19)13-21(28)24-16-10-11-18(23)17(14-16)22-26-25-20-9-3-2-6-12-27(20)22/h4-5,7-8,10-11,14H,2-3,6,9,12-13H2,1H3,(H,24,28). The SMILES string of the molecule is COc1ccccc1CC(=O)Nc1ccc(F)c(-c2nnc3n2CCCCC3)c1. The van der Waals surface area contributed by atoms with Crippen LogP contribution in [0.5, 0.6) is 5.75 Å². The summed E-state index contributed by atoms with van der Waals surface area (Å²) in [5.74, 6) is 1.48. The van der Waals surface area contributed by atoms with E-state index in [0.717, 1.165) is 43.6 Å². The molecule has 1 aliphatic rings. The normalized spacial score (nSPS) is 13.4. The lowest BCUT2D eigenvalue weighted by molar-refractivity contribution is -0.115. The van der Waals surface area contributed by atoms with Gasteiger partial charge in [-0.05, 0) is 37.1 Å². The topological polar surface area (TPSA) is 69.0 Å². The van der Waals surface area contributed by atoms with Crippen molar-refractivity contribution in [3.05, 3.63) is 59.7 Å². The summed E-state index contributed by atoms with van der Waals surface area (Å²) in [6.45, 7) is 0.779. The highest BCUT2D eigenvalue weighted by Gasteiger charge is 2.19. The van der Waals surface area contributed by atoms with Crippen LogP contribution in [0.25, 0.3) is 11.4 Å². The molecule has 1 amide bonds. The zero-order valence-corrected chi connectivity index (χ0v) is 16.3. The number of fused-ring (bicyclic) bond motifs is 1. The number of hydrogen-bond donors (Lipinski definition) is 1. The first-order valence-corrected chi connectivity index (χ1v) is 9.79. The summed E-state index contributed by atoms with van der Waals surface area (Å²) < 4.78 is 21.9. The third-order valence-electron chi connectivity index (χ3n) is 5.14. The van der Waals surface area contributed by atoms with Crippen LogP contribution in [0.1, 0.15) is 30.7 Å². The fourth-order valence-corrected chi connectivity index (χ4v) is 3.69. The summed E-state index contributed by atoms with van der Waals surface area (Å²) in [5, 5.41) is 11.3. The number of para-hydroxylation sites is 1. The number of ether oxygens (including phenoxy) is 1. The van der Waals surface area contributed by atoms with Crippen molar-refractivity contribution in [3.63, 3.8) is 0 Å². The van der Waals surface area contributed by atoms with Gasteiger partial charge in [0, 0.05) is 24.2 Å². The predicted octanol–water partition coefficient (Wildman–Crippen LogP) is 4.00. The Morgan fingerprint density at radius 1 is 1.17 bits per heavy atom. The number of carbonyl (C=O) groups excluding carboxylic acids is 1. The first-order chi connectivity index (χ1) is 14.2. The van der Waals surface area contributed by atoms with E-state index in [-0.39, 0.29) is 18.1 Å². The molecule has 150 valence electrons. The highest BCUT2D eigenvalue weighted by atomic mass is 19.1. The number of nitrogens with one attached hydrogen (secondary N) is 1. The van der Waals surface area contributed by atoms with Crippen LogP contribution in [0, 0.1) is 5.82 Å². The molecule has 0 saturated carbocycles. The van der Waals surface area contributed by atoms with Gasteiger partial charge < -0.3 is 14.6 Å². The molecule has 0 fully saturated rings. The van der Waals surface area contributed by atoms with Crippen molar-refractivity contribution in [1.29, 1.82) is 0 Å². The second kappa shape index (κ2) is 8.43. The summed E-state index contributed by atoms with van der Waals surface area (Å²) in [7, 11) is 1.57. The van der Waals surface area contributed by atoms with Gasteiger partial charge in [0.1, 0.15) is 17.4 Å². The summed E-state index contributed by atoms with van der Waals surface area (Å²) in [5.41, 5.74) is 1.66. The minimum absolute atomic E-state index is 0.164. The van der Waals surface area contributed by atoms with E-state index in [0.29, 0.717) is 22.8 Å². The maximum atomic E-state index is 14.6. The van der Waals surface area contributed by atoms with E-state index in [1.54, 1.807) is 19.2 Å². The molecule has 0 bridgehead atoms. The molecular weight excluding hydrogens is 371 g/mol. The third kappa shape index (κ3) is 4.13. The Morgan fingerprint density at radius 3 is 2.90 bits per heavy atom. The van der Waals surface area contributed by atoms with E-state index in [1.165, 1.54) is 6.07 Å². The molecule has 1 aliphatic heterocycles. The monoisotopic (exact) mass is 394 g/mol. The van der Waals surface area contributed by atoms with E-state index >= 15 is 0 Å². The molecule has 6 nitrogen and oxygen atoms in total. The maximum Gasteiger partial charge on any atom is 0.228 e. The van der Waals surface area contributed by atoms with Crippen molar-refractivity contribution in [2.45, 2.75) is 38.6 Å². The molecule has 0 spiro atoms. The van der Waals surface area contributed by atoms with Crippen LogP contribution in [0.2, 0.25) is 0 Å². The van der Waals surface area contributed by atoms with Gasteiger partial charge in [0.05, 0.1) is 19.1 Å². The molecule has 4 rings (SSSR count). The number of carbonyl (C=O) groups is 1. The summed E-state index contributed by atoms with van der Waals surface area (Å²) in [4.78, 5) is 12.5. The Hall–Kier alpha value is -3.22. The smallest absolute Gasteiger partial charge is 0.228 e. The number of anilines is 1. The Bertz CT molecular complexity index is 1030. The predicted molar refractivity (Wildman–Crippen MR) is 108 cm³/mol. The second-order valence-corrected chi connectivity index (χ2v) is 7.13. The second-order valence-electron chi connectivity index (χ2n) is 7.13. The van der Waals surface area contributed by atoms with Crippen LogP contribution < -0.4 is 10.1 Å². The first-order valence-electron chi connectivity index (χ1n) is 9.79. The number of rotatable bonds is 5. The van der Waals surface area contributed by atoms with Gasteiger partial charge in [0.25, 0.3) is 0 Å². The highest BCUT2D eigenvalue weighted by Crippen LogP contribution is 2.28. The summed E-state index contributed by atoms with van der Waals surface area (Å²) in [6, 6.07) is 11.9. The van der Waals surface area contributed by atoms with Crippen molar-refractivity contribution in [2.24, 2.45) is 0 Å². The van der Waals surface area contributed by atoms with E-state index in [4.69, 9.17) is 4.74 Å². The minimum atomic E-state index is -0.382. The average molecular weight is 394 g/mol. The van der Waals surface area contributed by atoms with Gasteiger partial charge in [0.15, 0.2) is 5.82 Å². The van der Waals surface area contributed by atoms with Crippen LogP contribution in [-0.4, -0.2) is 27.8 Å². The maximum absolute atomic E-state index is 14.6. The number of benzene rings is 2. The lowest BCUT2D eigenvalue weighted by Crippen LogP contribution is -2.15. The van der Waals surface area contributed by atoms with Gasteiger partial charge in [-0.1, -0.05) is 24.6 Å². The van der Waals surface area contributed by atoms with E-state index in [9.17, 15) is 9.18 Å². The van der Waals surface area contributed by atoms with Gasteiger partial charge in [-0.25, -0.2) is 4.39 Å². The molecular formula is C22H23FN4O2. The van der Waals surface area contributed by atoms with Crippen molar-refractivity contribution < 1.29 is 13.9 Å². The lowest BCUT2D eigenvalue weighted by Gasteiger charge is -2.11. The third-order valence-corrected chi connectivity index (χ3v) is 5.14. The number of aryl methyl sites for hydroxylation is 1. The van der Waals surface area contributed by atoms with E-state index in [1.807, 2.05) is 28.8 Å². The molecule has 0 unspecified atom stereocenters. The molecule has 0 atom stereocenters. The number of nitrogens with zero attached hydrogens (tertiary/aromatic N) is 3. The van der Waals surface area contributed by atoms with E-state index < -0.39 is 0 Å². The van der Waals surface area contributed by atoms with Crippen molar-refractivity contribution in [2.75, 3.05) is 12.4 Å². The first kappa shape index (κ1) is 19.1. The number of aromatic nitrogens is 3. The zero-order chi connectivity index (χ0) is 20.2. The van der Waals surface area contributed by atoms with Gasteiger partial charge in [0.2, 0.25) is 5.91 Å². The molecule has 29 heavy (non-hydrogen) atoms. The van der Waals surface area contributed by atoms with Gasteiger partial charge in [-0.3, -0.25) is 4.79 Å². The lowest BCUT2D eigenvalue weighted by atomic mass is 10.1. The van der Waals surface area contributed by atoms with Crippen LogP contribution >= 0.6 is 0 Å². The minimum Gasteiger partial charge on any atom is -0.496 e. The largest absolute Gasteiger partial charge is 0.496 e. The summed E-state index contributed by atoms with van der Waals surface area (Å²) in [6.07, 6.45) is 4.24. The number of methoxy groups -OCH3 is 1. The van der Waals surface area contributed by atoms with Crippen LogP contribution in [-0.2, 0) is 24.2 Å². The average Bonchev–Trinajstić information content (AvgIpc) is 2.97. The number of halogens is 1. The molecule has 1 aromatic heterocycles. The molecule has 2 heterocycles. The molecule has 0 aliphatic carbocycles. The number of amides is 1. The molecule has 2 aromatic carbocycles. The van der Waals surface area contributed by atoms with Gasteiger partial charge >= 0.3 is 0 Å². The van der Waals surface area contributed by atoms with Crippen LogP contribution in [0.3, 0.4) is 0 Å². The summed E-state index contributed by atoms with van der Waals surface area (Å²) >= 11 is 0. The molecule has 3 aromatic rings. The van der Waals surface area contributed by atoms with Gasteiger partial charge in [-0.2, -0.15) is 0 Å². The fraction of sp³-hybridized carbons (Fsp3) is 0.318. The van der Waals surface area contributed by atoms with E-state index in [2.05, 4.69) is 15.5 Å². The zero-order valence-electron chi connectivity index (χ0n) is 16.3. The Kier molecular flexibility index (Phi) is 5.55. The van der Waals surface area contributed by atoms with Crippen LogP contribution in [0.4, 0.5) is 10.1 Å². The molecule has 1 N–H and O–H groups in total. The molecule has 0 radical (unpaired) electrons. The number of hydrogen-bond acceptors (Lipinski definition) is 4. The van der Waals surface area contributed by atoms with Crippen molar-refractivity contribution in [1.82, 2.24) is 14.8 Å². The van der Waals surface area contributed by atoms with Gasteiger partial charge in [-0.15, -0.1) is 10.2 Å². The van der Waals surface area contributed by atoms with Crippen LogP contribution in [0.15, 0.2) is 42.5 Å².